The summed E-state index contributed by atoms with van der Waals surface area (Å²) in [6, 6.07) is 7.84. The largest absolute Gasteiger partial charge is 0.374 e. The van der Waals surface area contributed by atoms with E-state index in [9.17, 15) is 4.79 Å². The summed E-state index contributed by atoms with van der Waals surface area (Å²) < 4.78 is 7.37. The van der Waals surface area contributed by atoms with Gasteiger partial charge in [0, 0.05) is 37.9 Å². The van der Waals surface area contributed by atoms with Gasteiger partial charge in [0.05, 0.1) is 24.8 Å². The third kappa shape index (κ3) is 4.46. The SMILES string of the molecule is CC(C)OCc1ccc(NC(=O)[C@H]2CNC[C@@H]2c2cnn(C)c2)cc1. The Hall–Kier alpha value is -2.18. The number of anilines is 1. The van der Waals surface area contributed by atoms with Gasteiger partial charge in [-0.3, -0.25) is 9.48 Å². The topological polar surface area (TPSA) is 68.2 Å². The Morgan fingerprint density at radius 2 is 2.12 bits per heavy atom. The van der Waals surface area contributed by atoms with Crippen LogP contribution in [-0.2, 0) is 23.2 Å². The van der Waals surface area contributed by atoms with Crippen molar-refractivity contribution in [2.45, 2.75) is 32.5 Å². The maximum atomic E-state index is 12.7. The third-order valence-electron chi connectivity index (χ3n) is 4.51. The van der Waals surface area contributed by atoms with Crippen molar-refractivity contribution in [1.82, 2.24) is 15.1 Å². The molecule has 1 saturated heterocycles. The molecule has 6 heteroatoms. The predicted octanol–water partition coefficient (Wildman–Crippen LogP) is 2.29. The first kappa shape index (κ1) is 17.6. The number of hydrogen-bond acceptors (Lipinski definition) is 4. The summed E-state index contributed by atoms with van der Waals surface area (Å²) in [5.41, 5.74) is 3.02. The minimum Gasteiger partial charge on any atom is -0.374 e. The van der Waals surface area contributed by atoms with Gasteiger partial charge in [-0.15, -0.1) is 0 Å². The molecule has 1 aliphatic heterocycles. The first-order valence-corrected chi connectivity index (χ1v) is 8.73. The molecule has 0 aliphatic carbocycles. The van der Waals surface area contributed by atoms with Crippen molar-refractivity contribution < 1.29 is 9.53 Å². The fourth-order valence-electron chi connectivity index (χ4n) is 3.12. The van der Waals surface area contributed by atoms with E-state index < -0.39 is 0 Å². The van der Waals surface area contributed by atoms with Crippen LogP contribution >= 0.6 is 0 Å². The number of nitrogens with one attached hydrogen (secondary N) is 2. The highest BCUT2D eigenvalue weighted by molar-refractivity contribution is 5.93. The van der Waals surface area contributed by atoms with Crippen LogP contribution in [0.5, 0.6) is 0 Å². The van der Waals surface area contributed by atoms with Crippen molar-refractivity contribution in [2.24, 2.45) is 13.0 Å². The molecule has 2 aromatic rings. The molecule has 1 fully saturated rings. The molecule has 1 aromatic heterocycles. The molecule has 0 unspecified atom stereocenters. The van der Waals surface area contributed by atoms with Crippen LogP contribution in [0.4, 0.5) is 5.69 Å². The lowest BCUT2D eigenvalue weighted by Crippen LogP contribution is -2.28. The second-order valence-electron chi connectivity index (χ2n) is 6.86. The number of amides is 1. The Morgan fingerprint density at radius 3 is 2.76 bits per heavy atom. The van der Waals surface area contributed by atoms with Crippen LogP contribution in [0.1, 0.15) is 30.9 Å². The molecule has 0 spiro atoms. The minimum atomic E-state index is -0.0897. The van der Waals surface area contributed by atoms with Gasteiger partial charge >= 0.3 is 0 Å². The highest BCUT2D eigenvalue weighted by Crippen LogP contribution is 2.28. The molecule has 134 valence electrons. The summed E-state index contributed by atoms with van der Waals surface area (Å²) in [6.45, 7) is 6.11. The van der Waals surface area contributed by atoms with Crippen LogP contribution in [0, 0.1) is 5.92 Å². The van der Waals surface area contributed by atoms with E-state index >= 15 is 0 Å². The molecule has 3 rings (SSSR count). The van der Waals surface area contributed by atoms with Crippen LogP contribution in [-0.4, -0.2) is 34.9 Å². The Bertz CT molecular complexity index is 708. The molecule has 2 N–H and O–H groups in total. The van der Waals surface area contributed by atoms with Gasteiger partial charge in [-0.1, -0.05) is 12.1 Å². The summed E-state index contributed by atoms with van der Waals surface area (Å²) in [4.78, 5) is 12.7. The standard InChI is InChI=1S/C19H26N4O2/c1-13(2)25-12-14-4-6-16(7-5-14)22-19(24)18-10-20-9-17(18)15-8-21-23(3)11-15/h4-8,11,13,17-18,20H,9-10,12H2,1-3H3,(H,22,24)/t17-,18+/m1/s1. The lowest BCUT2D eigenvalue weighted by molar-refractivity contribution is -0.119. The van der Waals surface area contributed by atoms with Crippen LogP contribution in [0.25, 0.3) is 0 Å². The molecule has 0 saturated carbocycles. The zero-order chi connectivity index (χ0) is 17.8. The van der Waals surface area contributed by atoms with Crippen molar-refractivity contribution in [2.75, 3.05) is 18.4 Å². The van der Waals surface area contributed by atoms with Crippen molar-refractivity contribution in [3.05, 3.63) is 47.8 Å². The van der Waals surface area contributed by atoms with Gasteiger partial charge in [0.1, 0.15) is 0 Å². The fourth-order valence-corrected chi connectivity index (χ4v) is 3.12. The molecule has 1 aliphatic rings. The number of carbonyl (C=O) groups is 1. The number of aryl methyl sites for hydroxylation is 1. The molecule has 6 nitrogen and oxygen atoms in total. The van der Waals surface area contributed by atoms with E-state index in [1.165, 1.54) is 0 Å². The number of ether oxygens (including phenoxy) is 1. The van der Waals surface area contributed by atoms with Crippen molar-refractivity contribution in [1.29, 1.82) is 0 Å². The lowest BCUT2D eigenvalue weighted by Gasteiger charge is -2.17. The number of benzene rings is 1. The van der Waals surface area contributed by atoms with Crippen LogP contribution in [0.15, 0.2) is 36.7 Å². The summed E-state index contributed by atoms with van der Waals surface area (Å²) in [5, 5.41) is 10.6. The second-order valence-corrected chi connectivity index (χ2v) is 6.86. The second kappa shape index (κ2) is 7.80. The zero-order valence-corrected chi connectivity index (χ0v) is 15.0. The van der Waals surface area contributed by atoms with Gasteiger partial charge < -0.3 is 15.4 Å². The van der Waals surface area contributed by atoms with Crippen molar-refractivity contribution in [3.8, 4) is 0 Å². The first-order chi connectivity index (χ1) is 12.0. The normalized spacial score (nSPS) is 20.2. The molecule has 2 heterocycles. The summed E-state index contributed by atoms with van der Waals surface area (Å²) >= 11 is 0. The van der Waals surface area contributed by atoms with Gasteiger partial charge in [-0.25, -0.2) is 0 Å². The van der Waals surface area contributed by atoms with Gasteiger partial charge in [0.15, 0.2) is 0 Å². The average Bonchev–Trinajstić information content (AvgIpc) is 3.22. The van der Waals surface area contributed by atoms with E-state index in [0.717, 1.165) is 23.4 Å². The van der Waals surface area contributed by atoms with E-state index in [1.807, 2.05) is 57.6 Å². The van der Waals surface area contributed by atoms with Gasteiger partial charge in [0.2, 0.25) is 5.91 Å². The van der Waals surface area contributed by atoms with E-state index in [0.29, 0.717) is 13.2 Å². The maximum Gasteiger partial charge on any atom is 0.229 e. The van der Waals surface area contributed by atoms with Crippen LogP contribution in [0.2, 0.25) is 0 Å². The van der Waals surface area contributed by atoms with Crippen LogP contribution < -0.4 is 10.6 Å². The smallest absolute Gasteiger partial charge is 0.229 e. The minimum absolute atomic E-state index is 0.0463. The van der Waals surface area contributed by atoms with Gasteiger partial charge in [-0.05, 0) is 37.1 Å². The average molecular weight is 342 g/mol. The molecule has 0 bridgehead atoms. The first-order valence-electron chi connectivity index (χ1n) is 8.73. The van der Waals surface area contributed by atoms with Gasteiger partial charge in [0.25, 0.3) is 0 Å². The number of hydrogen-bond donors (Lipinski definition) is 2. The van der Waals surface area contributed by atoms with Crippen molar-refractivity contribution >= 4 is 11.6 Å². The summed E-state index contributed by atoms with van der Waals surface area (Å²) in [5.74, 6) is 0.116. The molecule has 2 atom stereocenters. The highest BCUT2D eigenvalue weighted by Gasteiger charge is 2.34. The van der Waals surface area contributed by atoms with Crippen molar-refractivity contribution in [3.63, 3.8) is 0 Å². The molecular weight excluding hydrogens is 316 g/mol. The molecule has 1 amide bonds. The number of rotatable bonds is 6. The third-order valence-corrected chi connectivity index (χ3v) is 4.51. The number of aromatic nitrogens is 2. The van der Waals surface area contributed by atoms with E-state index in [4.69, 9.17) is 4.74 Å². The van der Waals surface area contributed by atoms with Crippen LogP contribution in [0.3, 0.4) is 0 Å². The predicted molar refractivity (Wildman–Crippen MR) is 97.3 cm³/mol. The maximum absolute atomic E-state index is 12.7. The Labute approximate surface area is 148 Å². The lowest BCUT2D eigenvalue weighted by atomic mass is 9.90. The Balaban J connectivity index is 1.61. The quantitative estimate of drug-likeness (QED) is 0.845. The monoisotopic (exact) mass is 342 g/mol. The Morgan fingerprint density at radius 1 is 1.36 bits per heavy atom. The Kier molecular flexibility index (Phi) is 5.50. The van der Waals surface area contributed by atoms with E-state index in [-0.39, 0.29) is 23.8 Å². The number of nitrogens with zero attached hydrogens (tertiary/aromatic N) is 2. The molecular formula is C19H26N4O2. The highest BCUT2D eigenvalue weighted by atomic mass is 16.5. The summed E-state index contributed by atoms with van der Waals surface area (Å²) in [7, 11) is 1.89. The fraction of sp³-hybridized carbons (Fsp3) is 0.474. The molecule has 1 aromatic carbocycles. The van der Waals surface area contributed by atoms with Gasteiger partial charge in [-0.2, -0.15) is 5.10 Å². The summed E-state index contributed by atoms with van der Waals surface area (Å²) in [6.07, 6.45) is 4.04. The van der Waals surface area contributed by atoms with E-state index in [2.05, 4.69) is 15.7 Å². The number of carbonyl (C=O) groups excluding carboxylic acids is 1. The zero-order valence-electron chi connectivity index (χ0n) is 15.0. The van der Waals surface area contributed by atoms with E-state index in [1.54, 1.807) is 4.68 Å². The molecule has 0 radical (unpaired) electrons. The molecule has 25 heavy (non-hydrogen) atoms.